The second-order valence-corrected chi connectivity index (χ2v) is 9.53. The van der Waals surface area contributed by atoms with Crippen LogP contribution in [0.5, 0.6) is 0 Å². The van der Waals surface area contributed by atoms with Gasteiger partial charge >= 0.3 is 0 Å². The number of rotatable bonds is 9. The molecule has 0 spiro atoms. The number of aliphatic hydroxyl groups is 1. The predicted molar refractivity (Wildman–Crippen MR) is 133 cm³/mol. The predicted octanol–water partition coefficient (Wildman–Crippen LogP) is 2.99. The van der Waals surface area contributed by atoms with Gasteiger partial charge in [0.2, 0.25) is 0 Å². The van der Waals surface area contributed by atoms with Crippen molar-refractivity contribution in [1.82, 2.24) is 20.4 Å². The Hall–Kier alpha value is -2.43. The number of non-ortho nitro benzene ring substituents is 1. The molecule has 0 aliphatic carbocycles. The molecule has 2 aliphatic rings. The quantitative estimate of drug-likeness (QED) is 0.371. The molecule has 2 aromatic rings. The van der Waals surface area contributed by atoms with Gasteiger partial charge in [-0.05, 0) is 55.6 Å². The monoisotopic (exact) mass is 485 g/mol. The van der Waals surface area contributed by atoms with E-state index in [0.717, 1.165) is 50.3 Å². The summed E-state index contributed by atoms with van der Waals surface area (Å²) in [6.45, 7) is 8.28. The first-order valence-electron chi connectivity index (χ1n) is 12.5. The molecule has 4 rings (SSSR count). The van der Waals surface area contributed by atoms with Gasteiger partial charge in [0.1, 0.15) is 5.82 Å². The Labute approximate surface area is 206 Å². The van der Waals surface area contributed by atoms with Crippen LogP contribution in [0.25, 0.3) is 0 Å². The smallest absolute Gasteiger partial charge is 0.269 e. The molecule has 9 heteroatoms. The summed E-state index contributed by atoms with van der Waals surface area (Å²) in [6.07, 6.45) is 2.23. The molecule has 190 valence electrons. The molecule has 0 bridgehead atoms. The molecule has 2 heterocycles. The van der Waals surface area contributed by atoms with Crippen molar-refractivity contribution in [2.45, 2.75) is 44.0 Å². The van der Waals surface area contributed by atoms with Crippen LogP contribution < -0.4 is 10.6 Å². The highest BCUT2D eigenvalue weighted by Crippen LogP contribution is 2.37. The number of nitro groups is 1. The molecule has 35 heavy (non-hydrogen) atoms. The summed E-state index contributed by atoms with van der Waals surface area (Å²) in [7, 11) is 0. The molecule has 2 fully saturated rings. The normalized spacial score (nSPS) is 22.1. The van der Waals surface area contributed by atoms with Crippen molar-refractivity contribution >= 4 is 5.69 Å². The topological polar surface area (TPSA) is 93.9 Å². The Morgan fingerprint density at radius 1 is 1.17 bits per heavy atom. The van der Waals surface area contributed by atoms with Gasteiger partial charge < -0.3 is 15.7 Å². The molecule has 2 aromatic carbocycles. The van der Waals surface area contributed by atoms with Crippen molar-refractivity contribution in [3.8, 4) is 0 Å². The molecule has 0 radical (unpaired) electrons. The van der Waals surface area contributed by atoms with E-state index in [1.807, 2.05) is 12.1 Å². The lowest BCUT2D eigenvalue weighted by atomic mass is 9.83. The summed E-state index contributed by atoms with van der Waals surface area (Å²) in [4.78, 5) is 15.6. The number of nitrogens with one attached hydrogen (secondary N) is 2. The van der Waals surface area contributed by atoms with Gasteiger partial charge in [0.25, 0.3) is 5.69 Å². The number of hydrogen-bond donors (Lipinski definition) is 3. The second-order valence-electron chi connectivity index (χ2n) is 9.53. The Morgan fingerprint density at radius 3 is 2.49 bits per heavy atom. The van der Waals surface area contributed by atoms with E-state index in [1.54, 1.807) is 24.3 Å². The fourth-order valence-corrected chi connectivity index (χ4v) is 5.35. The van der Waals surface area contributed by atoms with Crippen molar-refractivity contribution in [3.05, 3.63) is 75.6 Å². The minimum Gasteiger partial charge on any atom is -0.385 e. The number of benzene rings is 2. The van der Waals surface area contributed by atoms with Crippen molar-refractivity contribution in [2.24, 2.45) is 0 Å². The van der Waals surface area contributed by atoms with E-state index < -0.39 is 5.60 Å². The zero-order valence-corrected chi connectivity index (χ0v) is 20.3. The van der Waals surface area contributed by atoms with Crippen LogP contribution in [0.3, 0.4) is 0 Å². The largest absolute Gasteiger partial charge is 0.385 e. The lowest BCUT2D eigenvalue weighted by molar-refractivity contribution is -0.384. The van der Waals surface area contributed by atoms with Gasteiger partial charge in [-0.15, -0.1) is 0 Å². The highest BCUT2D eigenvalue weighted by Gasteiger charge is 2.36. The minimum absolute atomic E-state index is 0.0766. The molecule has 8 nitrogen and oxygen atoms in total. The van der Waals surface area contributed by atoms with E-state index >= 15 is 0 Å². The highest BCUT2D eigenvalue weighted by molar-refractivity contribution is 5.34. The number of likely N-dealkylation sites (N-methyl/N-ethyl adjacent to an activating group) is 1. The van der Waals surface area contributed by atoms with E-state index in [4.69, 9.17) is 0 Å². The second kappa shape index (κ2) is 11.5. The number of piperazine rings is 1. The molecule has 0 amide bonds. The van der Waals surface area contributed by atoms with Crippen LogP contribution in [0.1, 0.15) is 43.4 Å². The molecule has 0 saturated carbocycles. The zero-order valence-electron chi connectivity index (χ0n) is 20.3. The Bertz CT molecular complexity index is 964. The zero-order chi connectivity index (χ0) is 24.8. The molecule has 2 atom stereocenters. The lowest BCUT2D eigenvalue weighted by Crippen LogP contribution is -2.58. The van der Waals surface area contributed by atoms with Crippen LogP contribution in [0.15, 0.2) is 48.5 Å². The molecular formula is C26H36FN5O3. The van der Waals surface area contributed by atoms with Crippen molar-refractivity contribution in [1.29, 1.82) is 0 Å². The number of nitro benzene ring substituents is 1. The maximum atomic E-state index is 13.4. The number of nitrogens with zero attached hydrogens (tertiary/aromatic N) is 3. The molecule has 2 unspecified atom stereocenters. The average Bonchev–Trinajstić information content (AvgIpc) is 2.88. The third-order valence-electron chi connectivity index (χ3n) is 7.49. The van der Waals surface area contributed by atoms with Crippen LogP contribution in [0, 0.1) is 15.9 Å². The maximum absolute atomic E-state index is 13.4. The third-order valence-corrected chi connectivity index (χ3v) is 7.49. The Morgan fingerprint density at radius 2 is 1.86 bits per heavy atom. The van der Waals surface area contributed by atoms with Crippen LogP contribution in [-0.4, -0.2) is 71.8 Å². The molecule has 0 aromatic heterocycles. The Kier molecular flexibility index (Phi) is 8.46. The summed E-state index contributed by atoms with van der Waals surface area (Å²) >= 11 is 0. The third kappa shape index (κ3) is 6.23. The van der Waals surface area contributed by atoms with Crippen LogP contribution in [0.2, 0.25) is 0 Å². The first-order valence-corrected chi connectivity index (χ1v) is 12.5. The molecule has 2 saturated heterocycles. The molecule has 3 N–H and O–H groups in total. The number of likely N-dealkylation sites (tertiary alicyclic amines) is 1. The van der Waals surface area contributed by atoms with Gasteiger partial charge in [-0.1, -0.05) is 31.2 Å². The highest BCUT2D eigenvalue weighted by atomic mass is 19.1. The van der Waals surface area contributed by atoms with E-state index in [9.17, 15) is 19.6 Å². The summed E-state index contributed by atoms with van der Waals surface area (Å²) in [5.74, 6) is -0.310. The summed E-state index contributed by atoms with van der Waals surface area (Å²) in [5, 5.41) is 29.5. The van der Waals surface area contributed by atoms with Gasteiger partial charge in [0, 0.05) is 50.9 Å². The van der Waals surface area contributed by atoms with Crippen molar-refractivity contribution in [2.75, 3.05) is 45.8 Å². The van der Waals surface area contributed by atoms with E-state index in [-0.39, 0.29) is 28.6 Å². The molecule has 2 aliphatic heterocycles. The summed E-state index contributed by atoms with van der Waals surface area (Å²) in [6, 6.07) is 13.0. The van der Waals surface area contributed by atoms with E-state index in [2.05, 4.69) is 27.4 Å². The van der Waals surface area contributed by atoms with E-state index in [0.29, 0.717) is 25.9 Å². The minimum atomic E-state index is -0.974. The SMILES string of the molecule is CCN1CCNCC1NCCC(c1ccc([N+](=O)[O-])cc1)N1CCC(O)(c2ccc(F)cc2)CC1. The van der Waals surface area contributed by atoms with Gasteiger partial charge in [0.05, 0.1) is 16.7 Å². The van der Waals surface area contributed by atoms with Crippen molar-refractivity contribution in [3.63, 3.8) is 0 Å². The first-order chi connectivity index (χ1) is 16.9. The average molecular weight is 486 g/mol. The molecular weight excluding hydrogens is 449 g/mol. The lowest BCUT2D eigenvalue weighted by Gasteiger charge is -2.42. The van der Waals surface area contributed by atoms with Crippen LogP contribution >= 0.6 is 0 Å². The fourth-order valence-electron chi connectivity index (χ4n) is 5.35. The van der Waals surface area contributed by atoms with Crippen LogP contribution in [0.4, 0.5) is 10.1 Å². The van der Waals surface area contributed by atoms with Crippen molar-refractivity contribution < 1.29 is 14.4 Å². The summed E-state index contributed by atoms with van der Waals surface area (Å²) in [5.41, 5.74) is 0.898. The number of piperidine rings is 1. The number of hydrogen-bond acceptors (Lipinski definition) is 7. The van der Waals surface area contributed by atoms with Gasteiger partial charge in [0.15, 0.2) is 0 Å². The maximum Gasteiger partial charge on any atom is 0.269 e. The van der Waals surface area contributed by atoms with Gasteiger partial charge in [-0.25, -0.2) is 4.39 Å². The van der Waals surface area contributed by atoms with E-state index in [1.165, 1.54) is 12.1 Å². The first kappa shape index (κ1) is 25.7. The van der Waals surface area contributed by atoms with Crippen LogP contribution in [-0.2, 0) is 5.60 Å². The van der Waals surface area contributed by atoms with Gasteiger partial charge in [-0.3, -0.25) is 19.9 Å². The van der Waals surface area contributed by atoms with Gasteiger partial charge in [-0.2, -0.15) is 0 Å². The number of halogens is 1. The Balaban J connectivity index is 1.45. The standard InChI is InChI=1S/C26H36FN5O3/c1-2-30-18-15-28-19-25(30)29-14-11-24(20-3-9-23(10-4-20)32(34)35)31-16-12-26(33,13-17-31)21-5-7-22(27)8-6-21/h3-10,24-25,28-29,33H,2,11-19H2,1H3. The fraction of sp³-hybridized carbons (Fsp3) is 0.538. The summed E-state index contributed by atoms with van der Waals surface area (Å²) < 4.78 is 13.4.